The van der Waals surface area contributed by atoms with Gasteiger partial charge in [0.1, 0.15) is 0 Å². The average Bonchev–Trinajstić information content (AvgIpc) is 3.31. The number of aromatic hydroxyl groups is 1. The van der Waals surface area contributed by atoms with Gasteiger partial charge in [-0.2, -0.15) is 0 Å². The molecule has 0 spiro atoms. The number of aliphatic imine (C=N–C) groups is 1. The van der Waals surface area contributed by atoms with Gasteiger partial charge in [0.2, 0.25) is 5.91 Å². The summed E-state index contributed by atoms with van der Waals surface area (Å²) in [5.41, 5.74) is 4.28. The van der Waals surface area contributed by atoms with E-state index in [1.54, 1.807) is 30.1 Å². The maximum absolute atomic E-state index is 12.9. The van der Waals surface area contributed by atoms with Crippen LogP contribution in [0.15, 0.2) is 90.2 Å². The van der Waals surface area contributed by atoms with Crippen molar-refractivity contribution in [3.63, 3.8) is 0 Å². The van der Waals surface area contributed by atoms with E-state index in [9.17, 15) is 14.7 Å². The van der Waals surface area contributed by atoms with Crippen molar-refractivity contribution in [2.45, 2.75) is 0 Å². The number of ether oxygens (including phenoxy) is 1. The zero-order chi connectivity index (χ0) is 28.2. The molecule has 5 rings (SSSR count). The third kappa shape index (κ3) is 5.54. The lowest BCUT2D eigenvalue weighted by Gasteiger charge is -2.29. The van der Waals surface area contributed by atoms with Crippen LogP contribution in [0.25, 0.3) is 10.9 Å². The quantitative estimate of drug-likeness (QED) is 0.266. The molecule has 0 bridgehead atoms. The molecule has 1 aliphatic rings. The molecule has 40 heavy (non-hydrogen) atoms. The number of fused-ring (bicyclic) bond motifs is 1. The van der Waals surface area contributed by atoms with E-state index in [2.05, 4.69) is 9.88 Å². The highest BCUT2D eigenvalue weighted by atomic mass is 16.5. The number of esters is 1. The van der Waals surface area contributed by atoms with Crippen LogP contribution in [0.1, 0.15) is 21.5 Å². The second-order valence-electron chi connectivity index (χ2n) is 9.65. The molecule has 0 saturated carbocycles. The van der Waals surface area contributed by atoms with Crippen molar-refractivity contribution >= 4 is 39.9 Å². The van der Waals surface area contributed by atoms with Crippen molar-refractivity contribution in [1.82, 2.24) is 14.8 Å². The molecular weight excluding hydrogens is 506 g/mol. The summed E-state index contributed by atoms with van der Waals surface area (Å²) >= 11 is 0. The molecule has 1 aromatic heterocycles. The Bertz CT molecular complexity index is 1590. The molecule has 4 aromatic rings. The molecule has 0 saturated heterocycles. The zero-order valence-corrected chi connectivity index (χ0v) is 22.7. The molecule has 9 nitrogen and oxygen atoms in total. The number of amides is 1. The first-order valence-electron chi connectivity index (χ1n) is 12.9. The Hall–Kier alpha value is -5.05. The highest BCUT2D eigenvalue weighted by molar-refractivity contribution is 6.22. The number of hydrogen-bond acceptors (Lipinski definition) is 7. The number of H-pyrrole nitrogens is 1. The summed E-state index contributed by atoms with van der Waals surface area (Å²) in [5.74, 6) is -0.525. The Morgan fingerprint density at radius 2 is 1.75 bits per heavy atom. The Morgan fingerprint density at radius 1 is 1.00 bits per heavy atom. The fourth-order valence-electron chi connectivity index (χ4n) is 4.61. The van der Waals surface area contributed by atoms with Crippen molar-refractivity contribution in [2.75, 3.05) is 45.7 Å². The lowest BCUT2D eigenvalue weighted by atomic mass is 10.00. The van der Waals surface area contributed by atoms with Gasteiger partial charge in [0.25, 0.3) is 0 Å². The van der Waals surface area contributed by atoms with Crippen LogP contribution in [-0.2, 0) is 9.53 Å². The van der Waals surface area contributed by atoms with Crippen LogP contribution in [0.3, 0.4) is 0 Å². The third-order valence-corrected chi connectivity index (χ3v) is 6.95. The molecule has 3 aromatic carbocycles. The topological polar surface area (TPSA) is 101 Å². The molecule has 2 heterocycles. The van der Waals surface area contributed by atoms with Crippen LogP contribution < -0.4 is 4.90 Å². The first kappa shape index (κ1) is 26.6. The standard InChI is InChI=1S/C31H31N5O4/c1-34-15-17-36(18-16-34)20-27(37)35(2)24-12-10-23(11-13-24)32-29(21-7-5-4-6-8-21)28-25-14-9-22(31(39)40-3)19-26(25)33-30(28)38/h4-15,17,19,33,38H,16,18,20H2,1-3H3. The molecule has 0 atom stereocenters. The minimum absolute atomic E-state index is 0.00883. The number of carbonyl (C=O) groups excluding carboxylic acids is 2. The largest absolute Gasteiger partial charge is 0.494 e. The highest BCUT2D eigenvalue weighted by Gasteiger charge is 2.20. The van der Waals surface area contributed by atoms with E-state index in [1.165, 1.54) is 7.11 Å². The van der Waals surface area contributed by atoms with Crippen LogP contribution in [0.2, 0.25) is 0 Å². The van der Waals surface area contributed by atoms with Crippen molar-refractivity contribution < 1.29 is 19.4 Å². The number of likely N-dealkylation sites (N-methyl/N-ethyl adjacent to an activating group) is 2. The minimum Gasteiger partial charge on any atom is -0.494 e. The number of aromatic amines is 1. The fraction of sp³-hybridized carbons (Fsp3) is 0.194. The lowest BCUT2D eigenvalue weighted by molar-refractivity contribution is -0.119. The van der Waals surface area contributed by atoms with E-state index in [0.29, 0.717) is 40.0 Å². The summed E-state index contributed by atoms with van der Waals surface area (Å²) in [6, 6.07) is 22.1. The Balaban J connectivity index is 1.46. The molecule has 1 amide bonds. The number of hydrogen-bond donors (Lipinski definition) is 2. The van der Waals surface area contributed by atoms with Crippen molar-refractivity contribution in [1.29, 1.82) is 0 Å². The monoisotopic (exact) mass is 537 g/mol. The van der Waals surface area contributed by atoms with Gasteiger partial charge in [-0.25, -0.2) is 9.79 Å². The van der Waals surface area contributed by atoms with Crippen LogP contribution in [0.5, 0.6) is 5.88 Å². The van der Waals surface area contributed by atoms with Gasteiger partial charge >= 0.3 is 5.97 Å². The summed E-state index contributed by atoms with van der Waals surface area (Å²) in [7, 11) is 5.10. The molecule has 0 fully saturated rings. The molecule has 9 heteroatoms. The zero-order valence-electron chi connectivity index (χ0n) is 22.7. The second kappa shape index (κ2) is 11.4. The van der Waals surface area contributed by atoms with E-state index in [0.717, 1.165) is 24.3 Å². The maximum atomic E-state index is 12.9. The van der Waals surface area contributed by atoms with Crippen molar-refractivity contribution in [3.05, 3.63) is 102 Å². The summed E-state index contributed by atoms with van der Waals surface area (Å²) in [4.78, 5) is 38.5. The van der Waals surface area contributed by atoms with E-state index in [-0.39, 0.29) is 11.8 Å². The van der Waals surface area contributed by atoms with E-state index in [4.69, 9.17) is 9.73 Å². The number of carbonyl (C=O) groups is 2. The van der Waals surface area contributed by atoms with Gasteiger partial charge < -0.3 is 29.5 Å². The van der Waals surface area contributed by atoms with E-state index < -0.39 is 5.97 Å². The molecule has 204 valence electrons. The van der Waals surface area contributed by atoms with Crippen LogP contribution in [0.4, 0.5) is 11.4 Å². The fourth-order valence-corrected chi connectivity index (χ4v) is 4.61. The molecule has 1 aliphatic heterocycles. The number of rotatable bonds is 7. The third-order valence-electron chi connectivity index (χ3n) is 6.95. The van der Waals surface area contributed by atoms with Crippen molar-refractivity contribution in [3.8, 4) is 5.88 Å². The number of nitrogens with one attached hydrogen (secondary N) is 1. The summed E-state index contributed by atoms with van der Waals surface area (Å²) in [5, 5.41) is 11.7. The van der Waals surface area contributed by atoms with Gasteiger partial charge in [-0.05, 0) is 36.4 Å². The SMILES string of the molecule is COC(=O)c1ccc2c(C(=Nc3ccc(N(C)C(=O)CN4C=CN(C)CC4)cc3)c3ccccc3)c(O)[nH]c2c1. The van der Waals surface area contributed by atoms with Gasteiger partial charge in [0.05, 0.1) is 36.2 Å². The van der Waals surface area contributed by atoms with Gasteiger partial charge in [-0.1, -0.05) is 36.4 Å². The summed E-state index contributed by atoms with van der Waals surface area (Å²) in [6.45, 7) is 1.98. The molecular formula is C31H31N5O4. The predicted molar refractivity (Wildman–Crippen MR) is 156 cm³/mol. The Morgan fingerprint density at radius 3 is 2.42 bits per heavy atom. The Kier molecular flexibility index (Phi) is 7.54. The Labute approximate surface area is 232 Å². The molecule has 2 N–H and O–H groups in total. The van der Waals surface area contributed by atoms with Gasteiger partial charge in [0.15, 0.2) is 5.88 Å². The smallest absolute Gasteiger partial charge is 0.337 e. The molecule has 0 unspecified atom stereocenters. The number of methoxy groups -OCH3 is 1. The van der Waals surface area contributed by atoms with Crippen LogP contribution >= 0.6 is 0 Å². The highest BCUT2D eigenvalue weighted by Crippen LogP contribution is 2.32. The maximum Gasteiger partial charge on any atom is 0.337 e. The minimum atomic E-state index is -0.460. The van der Waals surface area contributed by atoms with Gasteiger partial charge in [-0.3, -0.25) is 4.79 Å². The molecule has 0 radical (unpaired) electrons. The first-order valence-corrected chi connectivity index (χ1v) is 12.9. The van der Waals surface area contributed by atoms with Crippen LogP contribution in [-0.4, -0.2) is 78.3 Å². The predicted octanol–water partition coefficient (Wildman–Crippen LogP) is 4.51. The number of nitrogens with zero attached hydrogens (tertiary/aromatic N) is 4. The van der Waals surface area contributed by atoms with Gasteiger partial charge in [0, 0.05) is 61.7 Å². The van der Waals surface area contributed by atoms with Crippen LogP contribution in [0, 0.1) is 0 Å². The normalized spacial score (nSPS) is 13.5. The lowest BCUT2D eigenvalue weighted by Crippen LogP contribution is -2.40. The number of anilines is 1. The summed E-state index contributed by atoms with van der Waals surface area (Å²) in [6.07, 6.45) is 3.91. The molecule has 0 aliphatic carbocycles. The number of benzene rings is 3. The first-order chi connectivity index (χ1) is 19.3. The summed E-state index contributed by atoms with van der Waals surface area (Å²) < 4.78 is 4.83. The van der Waals surface area contributed by atoms with Gasteiger partial charge in [-0.15, -0.1) is 0 Å². The second-order valence-corrected chi connectivity index (χ2v) is 9.65. The number of aromatic nitrogens is 1. The van der Waals surface area contributed by atoms with E-state index >= 15 is 0 Å². The van der Waals surface area contributed by atoms with E-state index in [1.807, 2.05) is 78.9 Å². The average molecular weight is 538 g/mol. The van der Waals surface area contributed by atoms with Crippen molar-refractivity contribution in [2.24, 2.45) is 4.99 Å².